The van der Waals surface area contributed by atoms with E-state index in [9.17, 15) is 18.0 Å². The lowest BCUT2D eigenvalue weighted by Gasteiger charge is -2.09. The number of rotatable bonds is 4. The van der Waals surface area contributed by atoms with Gasteiger partial charge >= 0.3 is 11.8 Å². The van der Waals surface area contributed by atoms with Crippen molar-refractivity contribution in [2.75, 3.05) is 31.1 Å². The zero-order valence-electron chi connectivity index (χ0n) is 9.44. The SMILES string of the molecule is NCCNC(=O)C(=O)NCC1CCS(=O)(=O)C1. The van der Waals surface area contributed by atoms with Gasteiger partial charge in [0.25, 0.3) is 0 Å². The van der Waals surface area contributed by atoms with Crippen LogP contribution in [-0.4, -0.2) is 51.4 Å². The van der Waals surface area contributed by atoms with Crippen molar-refractivity contribution >= 4 is 21.7 Å². The van der Waals surface area contributed by atoms with Gasteiger partial charge in [0.15, 0.2) is 9.84 Å². The van der Waals surface area contributed by atoms with Crippen LogP contribution >= 0.6 is 0 Å². The molecule has 1 heterocycles. The molecule has 0 saturated carbocycles. The van der Waals surface area contributed by atoms with Crippen molar-refractivity contribution in [1.29, 1.82) is 0 Å². The summed E-state index contributed by atoms with van der Waals surface area (Å²) < 4.78 is 22.3. The third kappa shape index (κ3) is 4.70. The van der Waals surface area contributed by atoms with Crippen LogP contribution in [-0.2, 0) is 19.4 Å². The van der Waals surface area contributed by atoms with Crippen LogP contribution in [0.25, 0.3) is 0 Å². The largest absolute Gasteiger partial charge is 0.348 e. The zero-order chi connectivity index (χ0) is 12.9. The van der Waals surface area contributed by atoms with Crippen LogP contribution in [0.2, 0.25) is 0 Å². The van der Waals surface area contributed by atoms with Gasteiger partial charge in [-0.25, -0.2) is 8.42 Å². The smallest absolute Gasteiger partial charge is 0.309 e. The molecule has 0 aliphatic carbocycles. The summed E-state index contributed by atoms with van der Waals surface area (Å²) in [6.07, 6.45) is 0.535. The first-order chi connectivity index (χ1) is 7.94. The predicted molar refractivity (Wildman–Crippen MR) is 61.8 cm³/mol. The molecule has 1 saturated heterocycles. The molecule has 7 nitrogen and oxygen atoms in total. The number of hydrogen-bond donors (Lipinski definition) is 3. The van der Waals surface area contributed by atoms with Gasteiger partial charge in [-0.2, -0.15) is 0 Å². The van der Waals surface area contributed by atoms with Crippen molar-refractivity contribution in [2.45, 2.75) is 6.42 Å². The Labute approximate surface area is 100 Å². The molecular weight excluding hydrogens is 246 g/mol. The number of sulfone groups is 1. The molecule has 2 amide bonds. The van der Waals surface area contributed by atoms with Crippen molar-refractivity contribution in [3.63, 3.8) is 0 Å². The lowest BCUT2D eigenvalue weighted by Crippen LogP contribution is -2.43. The van der Waals surface area contributed by atoms with Crippen molar-refractivity contribution in [3.05, 3.63) is 0 Å². The van der Waals surface area contributed by atoms with E-state index in [2.05, 4.69) is 10.6 Å². The number of nitrogens with one attached hydrogen (secondary N) is 2. The fraction of sp³-hybridized carbons (Fsp3) is 0.778. The molecule has 0 bridgehead atoms. The maximum Gasteiger partial charge on any atom is 0.309 e. The van der Waals surface area contributed by atoms with E-state index in [0.29, 0.717) is 6.42 Å². The van der Waals surface area contributed by atoms with Crippen LogP contribution in [0.15, 0.2) is 0 Å². The average Bonchev–Trinajstić information content (AvgIpc) is 2.62. The Kier molecular flexibility index (Phi) is 4.88. The van der Waals surface area contributed by atoms with E-state index in [1.54, 1.807) is 0 Å². The number of amides is 2. The fourth-order valence-corrected chi connectivity index (χ4v) is 3.48. The Bertz CT molecular complexity index is 393. The summed E-state index contributed by atoms with van der Waals surface area (Å²) in [5, 5.41) is 4.74. The number of hydrogen-bond acceptors (Lipinski definition) is 5. The molecule has 1 atom stereocenters. The molecule has 4 N–H and O–H groups in total. The summed E-state index contributed by atoms with van der Waals surface area (Å²) in [7, 11) is -2.95. The van der Waals surface area contributed by atoms with Gasteiger partial charge < -0.3 is 16.4 Å². The van der Waals surface area contributed by atoms with E-state index in [1.165, 1.54) is 0 Å². The highest BCUT2D eigenvalue weighted by atomic mass is 32.2. The van der Waals surface area contributed by atoms with Crippen LogP contribution < -0.4 is 16.4 Å². The molecule has 1 fully saturated rings. The Morgan fingerprint density at radius 2 is 1.88 bits per heavy atom. The summed E-state index contributed by atoms with van der Waals surface area (Å²) in [6, 6.07) is 0. The Morgan fingerprint density at radius 3 is 2.41 bits per heavy atom. The molecule has 1 aliphatic heterocycles. The molecule has 0 radical (unpaired) electrons. The highest BCUT2D eigenvalue weighted by Crippen LogP contribution is 2.17. The van der Waals surface area contributed by atoms with E-state index in [-0.39, 0.29) is 37.1 Å². The predicted octanol–water partition coefficient (Wildman–Crippen LogP) is -2.39. The van der Waals surface area contributed by atoms with Crippen molar-refractivity contribution in [3.8, 4) is 0 Å². The topological polar surface area (TPSA) is 118 Å². The second-order valence-electron chi connectivity index (χ2n) is 4.02. The second kappa shape index (κ2) is 5.97. The minimum absolute atomic E-state index is 0.0811. The van der Waals surface area contributed by atoms with Crippen molar-refractivity contribution in [1.82, 2.24) is 10.6 Å². The lowest BCUT2D eigenvalue weighted by molar-refractivity contribution is -0.139. The minimum atomic E-state index is -2.95. The van der Waals surface area contributed by atoms with Gasteiger partial charge in [0, 0.05) is 19.6 Å². The first-order valence-electron chi connectivity index (χ1n) is 5.41. The van der Waals surface area contributed by atoms with Gasteiger partial charge in [-0.1, -0.05) is 0 Å². The molecule has 98 valence electrons. The molecule has 8 heteroatoms. The Morgan fingerprint density at radius 1 is 1.24 bits per heavy atom. The molecule has 0 aromatic rings. The highest BCUT2D eigenvalue weighted by molar-refractivity contribution is 7.91. The van der Waals surface area contributed by atoms with E-state index in [1.807, 2.05) is 0 Å². The van der Waals surface area contributed by atoms with Gasteiger partial charge in [-0.15, -0.1) is 0 Å². The summed E-state index contributed by atoms with van der Waals surface area (Å²) in [4.78, 5) is 22.4. The van der Waals surface area contributed by atoms with Gasteiger partial charge in [0.1, 0.15) is 0 Å². The average molecular weight is 263 g/mol. The van der Waals surface area contributed by atoms with Gasteiger partial charge in [-0.3, -0.25) is 9.59 Å². The number of carbonyl (C=O) groups excluding carboxylic acids is 2. The van der Waals surface area contributed by atoms with Gasteiger partial charge in [0.05, 0.1) is 11.5 Å². The molecular formula is C9H17N3O4S. The van der Waals surface area contributed by atoms with E-state index < -0.39 is 21.7 Å². The molecule has 1 unspecified atom stereocenters. The van der Waals surface area contributed by atoms with Gasteiger partial charge in [0.2, 0.25) is 0 Å². The van der Waals surface area contributed by atoms with Crippen LogP contribution in [0, 0.1) is 5.92 Å². The quantitative estimate of drug-likeness (QED) is 0.489. The second-order valence-corrected chi connectivity index (χ2v) is 6.25. The van der Waals surface area contributed by atoms with Gasteiger partial charge in [-0.05, 0) is 12.3 Å². The first kappa shape index (κ1) is 13.9. The van der Waals surface area contributed by atoms with Crippen LogP contribution in [0.3, 0.4) is 0 Å². The van der Waals surface area contributed by atoms with Crippen molar-refractivity contribution in [2.24, 2.45) is 11.7 Å². The van der Waals surface area contributed by atoms with E-state index in [0.717, 1.165) is 0 Å². The first-order valence-corrected chi connectivity index (χ1v) is 7.23. The van der Waals surface area contributed by atoms with E-state index in [4.69, 9.17) is 5.73 Å². The monoisotopic (exact) mass is 263 g/mol. The van der Waals surface area contributed by atoms with Crippen LogP contribution in [0.4, 0.5) is 0 Å². The van der Waals surface area contributed by atoms with Crippen LogP contribution in [0.5, 0.6) is 0 Å². The Balaban J connectivity index is 2.27. The summed E-state index contributed by atoms with van der Waals surface area (Å²) in [5.74, 6) is -1.34. The highest BCUT2D eigenvalue weighted by Gasteiger charge is 2.28. The zero-order valence-corrected chi connectivity index (χ0v) is 10.3. The lowest BCUT2D eigenvalue weighted by atomic mass is 10.1. The Hall–Kier alpha value is -1.15. The standard InChI is InChI=1S/C9H17N3O4S/c10-2-3-11-8(13)9(14)12-5-7-1-4-17(15,16)6-7/h7H,1-6,10H2,(H,11,13)(H,12,14). The summed E-state index contributed by atoms with van der Waals surface area (Å²) in [5.41, 5.74) is 5.17. The number of carbonyl (C=O) groups is 2. The molecule has 17 heavy (non-hydrogen) atoms. The third-order valence-electron chi connectivity index (χ3n) is 2.51. The maximum atomic E-state index is 11.3. The molecule has 0 spiro atoms. The van der Waals surface area contributed by atoms with E-state index >= 15 is 0 Å². The number of nitrogens with two attached hydrogens (primary N) is 1. The molecule has 1 aliphatic rings. The minimum Gasteiger partial charge on any atom is -0.348 e. The van der Waals surface area contributed by atoms with Crippen molar-refractivity contribution < 1.29 is 18.0 Å². The third-order valence-corrected chi connectivity index (χ3v) is 4.35. The maximum absolute atomic E-state index is 11.3. The fourth-order valence-electron chi connectivity index (χ4n) is 1.62. The normalized spacial score (nSPS) is 22.1. The summed E-state index contributed by atoms with van der Waals surface area (Å²) in [6.45, 7) is 0.720. The molecule has 0 aromatic carbocycles. The summed E-state index contributed by atoms with van der Waals surface area (Å²) >= 11 is 0. The molecule has 1 rings (SSSR count). The van der Waals surface area contributed by atoms with Crippen LogP contribution in [0.1, 0.15) is 6.42 Å². The molecule has 0 aromatic heterocycles.